The molecule has 8 atom stereocenters. The van der Waals surface area contributed by atoms with Crippen LogP contribution < -0.4 is 10.6 Å². The Morgan fingerprint density at radius 2 is 1.56 bits per heavy atom. The Morgan fingerprint density at radius 3 is 2.32 bits per heavy atom. The van der Waals surface area contributed by atoms with E-state index in [0.717, 1.165) is 106 Å². The number of likely N-dealkylation sites (tertiary alicyclic amines) is 2. The van der Waals surface area contributed by atoms with Gasteiger partial charge in [-0.3, -0.25) is 9.59 Å². The number of methoxy groups -OCH3 is 2. The summed E-state index contributed by atoms with van der Waals surface area (Å²) in [7, 11) is 2.61. The van der Waals surface area contributed by atoms with E-state index in [1.54, 1.807) is 0 Å². The lowest BCUT2D eigenvalue weighted by Crippen LogP contribution is -2.54. The minimum atomic E-state index is -0.834. The normalized spacial score (nSPS) is 24.7. The lowest BCUT2D eigenvalue weighted by Gasteiger charge is -2.37. The maximum absolute atomic E-state index is 14.3. The van der Waals surface area contributed by atoms with E-state index in [4.69, 9.17) is 24.2 Å². The van der Waals surface area contributed by atoms with Gasteiger partial charge in [-0.2, -0.15) is 0 Å². The highest BCUT2D eigenvalue weighted by atomic mass is 16.5. The summed E-state index contributed by atoms with van der Waals surface area (Å²) in [5, 5.41) is 7.62. The Kier molecular flexibility index (Phi) is 10.7. The Balaban J connectivity index is 0.867. The zero-order chi connectivity index (χ0) is 43.5. The molecule has 15 nitrogen and oxygen atoms in total. The number of piperidine rings is 2. The van der Waals surface area contributed by atoms with Crippen LogP contribution in [-0.2, 0) is 23.8 Å². The minimum absolute atomic E-state index is 0.0956. The van der Waals surface area contributed by atoms with Gasteiger partial charge in [-0.05, 0) is 96.9 Å². The summed E-state index contributed by atoms with van der Waals surface area (Å²) in [5.74, 6) is 1.89. The lowest BCUT2D eigenvalue weighted by atomic mass is 9.95. The largest absolute Gasteiger partial charge is 0.453 e. The molecule has 10 rings (SSSR count). The van der Waals surface area contributed by atoms with Crippen molar-refractivity contribution in [3.63, 3.8) is 0 Å². The van der Waals surface area contributed by atoms with Crippen molar-refractivity contribution >= 4 is 45.8 Å². The van der Waals surface area contributed by atoms with E-state index in [0.29, 0.717) is 25.0 Å². The number of rotatable bonds is 10. The van der Waals surface area contributed by atoms with Crippen LogP contribution in [0.15, 0.2) is 72.4 Å². The van der Waals surface area contributed by atoms with Crippen molar-refractivity contribution in [1.29, 1.82) is 0 Å². The second kappa shape index (κ2) is 16.5. The van der Waals surface area contributed by atoms with Crippen LogP contribution in [0.25, 0.3) is 44.2 Å². The molecule has 5 heterocycles. The van der Waals surface area contributed by atoms with E-state index in [-0.39, 0.29) is 41.9 Å². The summed E-state index contributed by atoms with van der Waals surface area (Å²) in [4.78, 5) is 73.8. The quantitative estimate of drug-likeness (QED) is 0.105. The molecule has 63 heavy (non-hydrogen) atoms. The molecule has 328 valence electrons. The molecule has 5 aromatic rings. The maximum atomic E-state index is 14.3. The molecule has 2 unspecified atom stereocenters. The van der Waals surface area contributed by atoms with Crippen molar-refractivity contribution in [3.8, 4) is 22.4 Å². The fraction of sp³-hybridized carbons (Fsp3) is 0.458. The third-order valence-corrected chi connectivity index (χ3v) is 14.1. The van der Waals surface area contributed by atoms with E-state index >= 15 is 0 Å². The number of H-pyrrole nitrogens is 2. The van der Waals surface area contributed by atoms with Crippen LogP contribution in [0, 0.1) is 17.8 Å². The lowest BCUT2D eigenvalue weighted by molar-refractivity contribution is -0.139. The number of benzene rings is 3. The van der Waals surface area contributed by atoms with Crippen molar-refractivity contribution in [2.45, 2.75) is 95.0 Å². The molecule has 2 bridgehead atoms. The van der Waals surface area contributed by atoms with Gasteiger partial charge in [0.1, 0.15) is 23.7 Å². The Bertz CT molecular complexity index is 2610. The average molecular weight is 855 g/mol. The molecular weight excluding hydrogens is 801 g/mol. The number of nitrogens with zero attached hydrogens (tertiary/aromatic N) is 4. The Hall–Kier alpha value is -6.22. The number of alkyl carbamates (subject to hydrolysis) is 2. The fourth-order valence-corrected chi connectivity index (χ4v) is 10.7. The fourth-order valence-electron chi connectivity index (χ4n) is 10.7. The van der Waals surface area contributed by atoms with E-state index in [2.05, 4.69) is 75.2 Å². The topological polar surface area (TPSA) is 184 Å². The van der Waals surface area contributed by atoms with Gasteiger partial charge in [-0.1, -0.05) is 68.0 Å². The summed E-state index contributed by atoms with van der Waals surface area (Å²) >= 11 is 0. The van der Waals surface area contributed by atoms with Crippen molar-refractivity contribution in [2.24, 2.45) is 17.8 Å². The van der Waals surface area contributed by atoms with Gasteiger partial charge in [-0.15, -0.1) is 0 Å². The molecule has 2 saturated carbocycles. The summed E-state index contributed by atoms with van der Waals surface area (Å²) in [6.07, 6.45) is 8.61. The van der Waals surface area contributed by atoms with Crippen molar-refractivity contribution in [2.75, 3.05) is 27.4 Å². The first-order valence-corrected chi connectivity index (χ1v) is 22.3. The van der Waals surface area contributed by atoms with Crippen LogP contribution in [0.1, 0.15) is 82.5 Å². The van der Waals surface area contributed by atoms with Crippen LogP contribution in [0.5, 0.6) is 0 Å². The average Bonchev–Trinajstić information content (AvgIpc) is 3.92. The maximum Gasteiger partial charge on any atom is 0.407 e. The molecular formula is C48H54N8O7. The first kappa shape index (κ1) is 40.8. The number of fused-ring (bicyclic) bond motifs is 6. The van der Waals surface area contributed by atoms with Gasteiger partial charge in [0.2, 0.25) is 11.8 Å². The summed E-state index contributed by atoms with van der Waals surface area (Å²) in [6.45, 7) is 5.06. The number of carbonyl (C=O) groups is 4. The predicted octanol–water partition coefficient (Wildman–Crippen LogP) is 7.33. The third kappa shape index (κ3) is 7.59. The van der Waals surface area contributed by atoms with Gasteiger partial charge >= 0.3 is 12.2 Å². The number of ether oxygens (including phenoxy) is 3. The highest BCUT2D eigenvalue weighted by Gasteiger charge is 2.56. The third-order valence-electron chi connectivity index (χ3n) is 14.1. The van der Waals surface area contributed by atoms with Crippen molar-refractivity contribution in [3.05, 3.63) is 84.1 Å². The SMILES string of the molecule is COC(=O)NC(C=C1CCOCC1)C(=O)N1[C@@H]2C[C@@H]2C[C@H]1c1nc2c(ccc3cc(-c4ccc(-c5cnc(C6[C@H]7CC[C@H](C7)N6C(=O)[C@@H](NC(=O)OC)C(C)C)[nH]5)cc4)ccc32)[nH]1. The number of aromatic amines is 2. The van der Waals surface area contributed by atoms with Gasteiger partial charge in [0, 0.05) is 17.5 Å². The first-order valence-electron chi connectivity index (χ1n) is 22.3. The van der Waals surface area contributed by atoms with Crippen LogP contribution in [-0.4, -0.2) is 105 Å². The molecule has 3 saturated heterocycles. The molecule has 5 fully saturated rings. The molecule has 0 spiro atoms. The molecule has 2 aromatic heterocycles. The Morgan fingerprint density at radius 1 is 0.810 bits per heavy atom. The number of hydrogen-bond acceptors (Lipinski definition) is 9. The predicted molar refractivity (Wildman–Crippen MR) is 235 cm³/mol. The van der Waals surface area contributed by atoms with Gasteiger partial charge in [-0.25, -0.2) is 19.6 Å². The summed E-state index contributed by atoms with van der Waals surface area (Å²) in [6, 6.07) is 17.3. The number of imidazole rings is 2. The molecule has 2 aliphatic carbocycles. The molecule has 4 N–H and O–H groups in total. The number of amides is 4. The highest BCUT2D eigenvalue weighted by molar-refractivity contribution is 6.05. The highest BCUT2D eigenvalue weighted by Crippen LogP contribution is 2.54. The zero-order valence-electron chi connectivity index (χ0n) is 36.1. The summed E-state index contributed by atoms with van der Waals surface area (Å²) < 4.78 is 15.3. The van der Waals surface area contributed by atoms with E-state index < -0.39 is 24.3 Å². The molecule has 3 aliphatic heterocycles. The molecule has 5 aliphatic rings. The smallest absolute Gasteiger partial charge is 0.407 e. The van der Waals surface area contributed by atoms with E-state index in [9.17, 15) is 19.2 Å². The van der Waals surface area contributed by atoms with Crippen molar-refractivity contribution in [1.82, 2.24) is 40.4 Å². The Labute approximate surface area is 365 Å². The van der Waals surface area contributed by atoms with Crippen molar-refractivity contribution < 1.29 is 33.4 Å². The number of nitrogens with one attached hydrogen (secondary N) is 4. The standard InChI is InChI=1S/C48H54N8O7/c1-25(2)40(54-48(60)62-4)46(58)55-33-12-9-31(21-33)42(55)44-49-24-37(51-44)28-7-5-27(6-8-28)29-10-13-34-30(20-29)11-14-35-41(34)53-43(50-35)39-23-32-22-38(32)56(39)45(57)36(52-47(59)61-3)19-26-15-17-63-18-16-26/h5-8,10-11,13-14,19-20,24-25,31-33,36,38-40,42H,9,12,15-18,21-23H2,1-4H3,(H,49,51)(H,50,53)(H,52,59)(H,54,60)/t31-,32+,33+,36?,38+,39-,40-,42?/m0/s1. The van der Waals surface area contributed by atoms with Gasteiger partial charge in [0.05, 0.1) is 62.4 Å². The number of carbonyl (C=O) groups excluding carboxylic acids is 4. The second-order valence-corrected chi connectivity index (χ2v) is 18.2. The molecule has 3 aromatic carbocycles. The van der Waals surface area contributed by atoms with Crippen LogP contribution in [0.3, 0.4) is 0 Å². The second-order valence-electron chi connectivity index (χ2n) is 18.2. The number of aromatic nitrogens is 4. The molecule has 4 amide bonds. The zero-order valence-corrected chi connectivity index (χ0v) is 36.1. The molecule has 0 radical (unpaired) electrons. The van der Waals surface area contributed by atoms with E-state index in [1.807, 2.05) is 35.9 Å². The van der Waals surface area contributed by atoms with Gasteiger partial charge in [0.15, 0.2) is 0 Å². The summed E-state index contributed by atoms with van der Waals surface area (Å²) in [5.41, 5.74) is 6.86. The van der Waals surface area contributed by atoms with E-state index in [1.165, 1.54) is 14.2 Å². The molecule has 15 heteroatoms. The first-order chi connectivity index (χ1) is 30.6. The van der Waals surface area contributed by atoms with Crippen LogP contribution >= 0.6 is 0 Å². The van der Waals surface area contributed by atoms with Crippen LogP contribution in [0.4, 0.5) is 9.59 Å². The minimum Gasteiger partial charge on any atom is -0.453 e. The van der Waals surface area contributed by atoms with Gasteiger partial charge in [0.25, 0.3) is 0 Å². The van der Waals surface area contributed by atoms with Gasteiger partial charge < -0.3 is 44.6 Å². The number of hydrogen-bond donors (Lipinski definition) is 4. The van der Waals surface area contributed by atoms with Crippen LogP contribution in [0.2, 0.25) is 0 Å². The monoisotopic (exact) mass is 854 g/mol.